The van der Waals surface area contributed by atoms with Crippen molar-refractivity contribution in [2.75, 3.05) is 18.5 Å². The second-order valence-corrected chi connectivity index (χ2v) is 4.26. The molecule has 0 aromatic heterocycles. The first-order valence-corrected chi connectivity index (χ1v) is 6.73. The summed E-state index contributed by atoms with van der Waals surface area (Å²) in [6.07, 6.45) is 0. The van der Waals surface area contributed by atoms with Crippen molar-refractivity contribution in [2.45, 2.75) is 6.92 Å². The summed E-state index contributed by atoms with van der Waals surface area (Å²) in [6, 6.07) is 17.3. The van der Waals surface area contributed by atoms with Crippen LogP contribution in [0.1, 0.15) is 6.92 Å². The summed E-state index contributed by atoms with van der Waals surface area (Å²) in [5.74, 6) is 0.309. The van der Waals surface area contributed by atoms with E-state index in [1.54, 1.807) is 19.1 Å². The molecular formula is C16H18N2O3. The van der Waals surface area contributed by atoms with Gasteiger partial charge in [0.1, 0.15) is 5.75 Å². The number of carbonyl (C=O) groups is 1. The summed E-state index contributed by atoms with van der Waals surface area (Å²) >= 11 is 0. The number of anilines is 2. The average molecular weight is 286 g/mol. The zero-order chi connectivity index (χ0) is 14.9. The maximum absolute atomic E-state index is 11.3. The van der Waals surface area contributed by atoms with Crippen molar-refractivity contribution in [3.05, 3.63) is 54.6 Å². The third kappa shape index (κ3) is 5.16. The van der Waals surface area contributed by atoms with Gasteiger partial charge in [0.05, 0.1) is 6.61 Å². The number of rotatable bonds is 7. The summed E-state index contributed by atoms with van der Waals surface area (Å²) < 4.78 is 5.35. The van der Waals surface area contributed by atoms with E-state index < -0.39 is 0 Å². The lowest BCUT2D eigenvalue weighted by Crippen LogP contribution is -2.28. The molecule has 5 nitrogen and oxygen atoms in total. The maximum Gasteiger partial charge on any atom is 0.281 e. The minimum Gasteiger partial charge on any atom is -0.484 e. The van der Waals surface area contributed by atoms with Gasteiger partial charge in [0.2, 0.25) is 0 Å². The van der Waals surface area contributed by atoms with Gasteiger partial charge >= 0.3 is 0 Å². The third-order valence-electron chi connectivity index (χ3n) is 2.62. The second-order valence-electron chi connectivity index (χ2n) is 4.26. The van der Waals surface area contributed by atoms with Crippen LogP contribution in [-0.4, -0.2) is 19.1 Å². The van der Waals surface area contributed by atoms with Gasteiger partial charge in [-0.25, -0.2) is 5.48 Å². The lowest BCUT2D eigenvalue weighted by atomic mass is 10.2. The summed E-state index contributed by atoms with van der Waals surface area (Å²) in [4.78, 5) is 16.1. The van der Waals surface area contributed by atoms with E-state index in [-0.39, 0.29) is 12.5 Å². The smallest absolute Gasteiger partial charge is 0.281 e. The lowest BCUT2D eigenvalue weighted by molar-refractivity contribution is -0.135. The molecule has 5 heteroatoms. The summed E-state index contributed by atoms with van der Waals surface area (Å²) in [5, 5.41) is 3.27. The molecule has 2 rings (SSSR count). The van der Waals surface area contributed by atoms with Crippen LogP contribution in [0.4, 0.5) is 11.4 Å². The molecule has 2 N–H and O–H groups in total. The monoisotopic (exact) mass is 286 g/mol. The van der Waals surface area contributed by atoms with Crippen molar-refractivity contribution in [2.24, 2.45) is 0 Å². The van der Waals surface area contributed by atoms with Crippen LogP contribution in [0.3, 0.4) is 0 Å². The topological polar surface area (TPSA) is 59.6 Å². The van der Waals surface area contributed by atoms with Crippen molar-refractivity contribution in [3.8, 4) is 5.75 Å². The van der Waals surface area contributed by atoms with Crippen LogP contribution in [0, 0.1) is 0 Å². The normalized spacial score (nSPS) is 9.95. The lowest BCUT2D eigenvalue weighted by Gasteiger charge is -2.09. The van der Waals surface area contributed by atoms with Gasteiger partial charge in [0, 0.05) is 11.4 Å². The first kappa shape index (κ1) is 14.9. The highest BCUT2D eigenvalue weighted by atomic mass is 16.7. The Hall–Kier alpha value is -2.53. The minimum absolute atomic E-state index is 0.0779. The molecule has 2 aromatic rings. The van der Waals surface area contributed by atoms with Crippen molar-refractivity contribution in [1.82, 2.24) is 5.48 Å². The molecule has 0 aliphatic carbocycles. The fraction of sp³-hybridized carbons (Fsp3) is 0.188. The van der Waals surface area contributed by atoms with E-state index in [4.69, 9.17) is 9.57 Å². The quantitative estimate of drug-likeness (QED) is 0.768. The van der Waals surface area contributed by atoms with E-state index in [2.05, 4.69) is 10.8 Å². The van der Waals surface area contributed by atoms with Gasteiger partial charge in [-0.05, 0) is 43.3 Å². The molecule has 0 bridgehead atoms. The van der Waals surface area contributed by atoms with Crippen molar-refractivity contribution < 1.29 is 14.4 Å². The number of carbonyl (C=O) groups excluding carboxylic acids is 1. The number of amides is 1. The maximum atomic E-state index is 11.3. The van der Waals surface area contributed by atoms with Crippen LogP contribution in [0.15, 0.2) is 54.6 Å². The van der Waals surface area contributed by atoms with Gasteiger partial charge in [-0.2, -0.15) is 0 Å². The molecule has 0 aliphatic heterocycles. The van der Waals surface area contributed by atoms with Gasteiger partial charge in [0.15, 0.2) is 6.61 Å². The molecule has 0 fully saturated rings. The number of hydrogen-bond donors (Lipinski definition) is 2. The molecule has 1 amide bonds. The highest BCUT2D eigenvalue weighted by molar-refractivity contribution is 5.76. The summed E-state index contributed by atoms with van der Waals surface area (Å²) in [5.41, 5.74) is 4.24. The molecule has 0 aliphatic rings. The Morgan fingerprint density at radius 2 is 1.67 bits per heavy atom. The Labute approximate surface area is 123 Å². The second kappa shape index (κ2) is 7.91. The van der Waals surface area contributed by atoms with E-state index >= 15 is 0 Å². The molecule has 21 heavy (non-hydrogen) atoms. The predicted octanol–water partition coefficient (Wildman–Crippen LogP) is 2.88. The zero-order valence-electron chi connectivity index (χ0n) is 11.8. The number of benzene rings is 2. The SMILES string of the molecule is CCONC(=O)COc1ccc(Nc2ccccc2)cc1. The first-order valence-electron chi connectivity index (χ1n) is 6.73. The Morgan fingerprint density at radius 1 is 1.00 bits per heavy atom. The molecule has 0 spiro atoms. The van der Waals surface area contributed by atoms with E-state index in [1.165, 1.54) is 0 Å². The number of ether oxygens (including phenoxy) is 1. The molecular weight excluding hydrogens is 268 g/mol. The van der Waals surface area contributed by atoms with Crippen molar-refractivity contribution in [3.63, 3.8) is 0 Å². The Kier molecular flexibility index (Phi) is 5.60. The zero-order valence-corrected chi connectivity index (χ0v) is 11.8. The van der Waals surface area contributed by atoms with Crippen LogP contribution in [0.25, 0.3) is 0 Å². The minimum atomic E-state index is -0.316. The third-order valence-corrected chi connectivity index (χ3v) is 2.62. The van der Waals surface area contributed by atoms with Gasteiger partial charge in [-0.15, -0.1) is 0 Å². The van der Waals surface area contributed by atoms with Crippen LogP contribution in [0.5, 0.6) is 5.75 Å². The number of hydroxylamine groups is 1. The fourth-order valence-electron chi connectivity index (χ4n) is 1.65. The van der Waals surface area contributed by atoms with Gasteiger partial charge < -0.3 is 10.1 Å². The van der Waals surface area contributed by atoms with E-state index in [0.717, 1.165) is 11.4 Å². The van der Waals surface area contributed by atoms with Gasteiger partial charge in [-0.1, -0.05) is 18.2 Å². The summed E-state index contributed by atoms with van der Waals surface area (Å²) in [6.45, 7) is 2.14. The average Bonchev–Trinajstić information content (AvgIpc) is 2.53. The Bertz CT molecular complexity index is 555. The van der Waals surface area contributed by atoms with Gasteiger partial charge in [0.25, 0.3) is 5.91 Å². The number of hydrogen-bond acceptors (Lipinski definition) is 4. The predicted molar refractivity (Wildman–Crippen MR) is 81.4 cm³/mol. The van der Waals surface area contributed by atoms with Crippen LogP contribution in [0.2, 0.25) is 0 Å². The van der Waals surface area contributed by atoms with E-state index in [0.29, 0.717) is 12.4 Å². The standard InChI is InChI=1S/C16H18N2O3/c1-2-21-18-16(19)12-20-15-10-8-14(9-11-15)17-13-6-4-3-5-7-13/h3-11,17H,2,12H2,1H3,(H,18,19). The first-order chi connectivity index (χ1) is 10.3. The molecule has 0 saturated carbocycles. The summed E-state index contributed by atoms with van der Waals surface area (Å²) in [7, 11) is 0. The van der Waals surface area contributed by atoms with Crippen LogP contribution in [-0.2, 0) is 9.63 Å². The van der Waals surface area contributed by atoms with E-state index in [1.807, 2.05) is 42.5 Å². The highest BCUT2D eigenvalue weighted by Gasteiger charge is 2.02. The van der Waals surface area contributed by atoms with Crippen LogP contribution < -0.4 is 15.5 Å². The Balaban J connectivity index is 1.83. The molecule has 0 unspecified atom stereocenters. The van der Waals surface area contributed by atoms with Crippen molar-refractivity contribution >= 4 is 17.3 Å². The van der Waals surface area contributed by atoms with Crippen molar-refractivity contribution in [1.29, 1.82) is 0 Å². The number of para-hydroxylation sites is 1. The van der Waals surface area contributed by atoms with Crippen LogP contribution >= 0.6 is 0 Å². The Morgan fingerprint density at radius 3 is 2.33 bits per heavy atom. The molecule has 0 heterocycles. The van der Waals surface area contributed by atoms with Gasteiger partial charge in [-0.3, -0.25) is 9.63 Å². The molecule has 110 valence electrons. The molecule has 0 atom stereocenters. The van der Waals surface area contributed by atoms with E-state index in [9.17, 15) is 4.79 Å². The molecule has 2 aromatic carbocycles. The largest absolute Gasteiger partial charge is 0.484 e. The molecule has 0 radical (unpaired) electrons. The molecule has 0 saturated heterocycles. The highest BCUT2D eigenvalue weighted by Crippen LogP contribution is 2.19. The number of nitrogens with one attached hydrogen (secondary N) is 2. The fourth-order valence-corrected chi connectivity index (χ4v) is 1.65.